The molecule has 5 nitrogen and oxygen atoms in total. The summed E-state index contributed by atoms with van der Waals surface area (Å²) in [5.74, 6) is -0.994. The van der Waals surface area contributed by atoms with Crippen molar-refractivity contribution in [1.82, 2.24) is 9.78 Å². The summed E-state index contributed by atoms with van der Waals surface area (Å²) in [7, 11) is 0. The molecule has 0 saturated carbocycles. The van der Waals surface area contributed by atoms with Gasteiger partial charge < -0.3 is 10.8 Å². The Hall–Kier alpha value is -1.36. The van der Waals surface area contributed by atoms with Crippen LogP contribution in [0.2, 0.25) is 0 Å². The zero-order valence-electron chi connectivity index (χ0n) is 7.47. The average molecular weight is 183 g/mol. The fourth-order valence-corrected chi connectivity index (χ4v) is 1.00. The Labute approximate surface area is 76.2 Å². The maximum Gasteiger partial charge on any atom is 0.320 e. The van der Waals surface area contributed by atoms with E-state index in [1.54, 1.807) is 10.7 Å². The van der Waals surface area contributed by atoms with Gasteiger partial charge in [0.2, 0.25) is 0 Å². The molecule has 3 N–H and O–H groups in total. The number of aryl methyl sites for hydroxylation is 1. The number of hydrogen-bond acceptors (Lipinski definition) is 3. The first-order valence-electron chi connectivity index (χ1n) is 4.14. The van der Waals surface area contributed by atoms with E-state index in [1.165, 1.54) is 0 Å². The summed E-state index contributed by atoms with van der Waals surface area (Å²) < 4.78 is 1.74. The number of rotatable bonds is 4. The Balaban J connectivity index is 2.58. The molecule has 0 fully saturated rings. The van der Waals surface area contributed by atoms with Crippen LogP contribution in [0.5, 0.6) is 0 Å². The van der Waals surface area contributed by atoms with Gasteiger partial charge in [0.1, 0.15) is 6.04 Å². The van der Waals surface area contributed by atoms with E-state index < -0.39 is 12.0 Å². The molecule has 13 heavy (non-hydrogen) atoms. The molecule has 1 atom stereocenters. The Morgan fingerprint density at radius 2 is 2.54 bits per heavy atom. The van der Waals surface area contributed by atoms with Crippen LogP contribution in [0.25, 0.3) is 0 Å². The third-order valence-corrected chi connectivity index (χ3v) is 1.77. The molecule has 1 unspecified atom stereocenters. The molecule has 0 aromatic carbocycles. The second kappa shape index (κ2) is 4.04. The normalized spacial score (nSPS) is 12.8. The van der Waals surface area contributed by atoms with E-state index in [0.717, 1.165) is 12.2 Å². The molecule has 0 radical (unpaired) electrons. The maximum atomic E-state index is 10.4. The number of hydrogen-bond donors (Lipinski definition) is 2. The van der Waals surface area contributed by atoms with Gasteiger partial charge in [0.15, 0.2) is 0 Å². The van der Waals surface area contributed by atoms with Crippen molar-refractivity contribution in [3.8, 4) is 0 Å². The predicted octanol–water partition coefficient (Wildman–Crippen LogP) is -0.143. The molecule has 1 aromatic heterocycles. The highest BCUT2D eigenvalue weighted by atomic mass is 16.4. The summed E-state index contributed by atoms with van der Waals surface area (Å²) in [6.45, 7) is 2.75. The molecule has 0 spiro atoms. The van der Waals surface area contributed by atoms with E-state index in [9.17, 15) is 4.79 Å². The summed E-state index contributed by atoms with van der Waals surface area (Å²) >= 11 is 0. The standard InChI is InChI=1S/C8H13N3O2/c1-2-11-4-3-6(10-11)5-7(9)8(12)13/h3-4,7H,2,5,9H2,1H3,(H,12,13). The van der Waals surface area contributed by atoms with E-state index in [2.05, 4.69) is 5.10 Å². The highest BCUT2D eigenvalue weighted by Crippen LogP contribution is 1.99. The molecular formula is C8H13N3O2. The van der Waals surface area contributed by atoms with Gasteiger partial charge in [-0.3, -0.25) is 9.48 Å². The van der Waals surface area contributed by atoms with Crippen molar-refractivity contribution >= 4 is 5.97 Å². The van der Waals surface area contributed by atoms with Crippen LogP contribution in [0.1, 0.15) is 12.6 Å². The zero-order valence-corrected chi connectivity index (χ0v) is 7.47. The molecule has 1 rings (SSSR count). The van der Waals surface area contributed by atoms with Gasteiger partial charge in [-0.05, 0) is 13.0 Å². The van der Waals surface area contributed by atoms with Crippen molar-refractivity contribution < 1.29 is 9.90 Å². The van der Waals surface area contributed by atoms with Crippen molar-refractivity contribution in [2.24, 2.45) is 5.73 Å². The SMILES string of the molecule is CCn1ccc(CC(N)C(=O)O)n1. The Kier molecular flexibility index (Phi) is 3.02. The van der Waals surface area contributed by atoms with E-state index in [-0.39, 0.29) is 6.42 Å². The lowest BCUT2D eigenvalue weighted by Crippen LogP contribution is -2.32. The number of carbonyl (C=O) groups is 1. The topological polar surface area (TPSA) is 81.1 Å². The quantitative estimate of drug-likeness (QED) is 0.680. The van der Waals surface area contributed by atoms with Crippen molar-refractivity contribution in [2.75, 3.05) is 0 Å². The van der Waals surface area contributed by atoms with Gasteiger partial charge in [0.05, 0.1) is 5.69 Å². The van der Waals surface area contributed by atoms with Crippen molar-refractivity contribution in [3.05, 3.63) is 18.0 Å². The monoisotopic (exact) mass is 183 g/mol. The molecular weight excluding hydrogens is 170 g/mol. The third kappa shape index (κ3) is 2.55. The summed E-state index contributed by atoms with van der Waals surface area (Å²) in [6, 6.07) is 0.923. The van der Waals surface area contributed by atoms with Crippen LogP contribution in [-0.4, -0.2) is 26.9 Å². The minimum atomic E-state index is -0.994. The van der Waals surface area contributed by atoms with E-state index in [4.69, 9.17) is 10.8 Å². The second-order valence-corrected chi connectivity index (χ2v) is 2.81. The fourth-order valence-electron chi connectivity index (χ4n) is 1.00. The van der Waals surface area contributed by atoms with Gasteiger partial charge in [-0.15, -0.1) is 0 Å². The van der Waals surface area contributed by atoms with Crippen molar-refractivity contribution in [1.29, 1.82) is 0 Å². The lowest BCUT2D eigenvalue weighted by molar-refractivity contribution is -0.138. The van der Waals surface area contributed by atoms with Crippen molar-refractivity contribution in [2.45, 2.75) is 25.9 Å². The Morgan fingerprint density at radius 3 is 3.00 bits per heavy atom. The fraction of sp³-hybridized carbons (Fsp3) is 0.500. The minimum Gasteiger partial charge on any atom is -0.480 e. The number of carboxylic acid groups (broad SMARTS) is 1. The van der Waals surface area contributed by atoms with E-state index in [0.29, 0.717) is 0 Å². The first-order chi connectivity index (χ1) is 6.13. The van der Waals surface area contributed by atoms with Crippen LogP contribution in [-0.2, 0) is 17.8 Å². The smallest absolute Gasteiger partial charge is 0.320 e. The number of carboxylic acids is 1. The molecule has 1 heterocycles. The van der Waals surface area contributed by atoms with Crippen LogP contribution in [0.4, 0.5) is 0 Å². The molecule has 0 amide bonds. The summed E-state index contributed by atoms with van der Waals surface area (Å²) in [5, 5.41) is 12.7. The number of aromatic nitrogens is 2. The largest absolute Gasteiger partial charge is 0.480 e. The van der Waals surface area contributed by atoms with Gasteiger partial charge in [-0.25, -0.2) is 0 Å². The lowest BCUT2D eigenvalue weighted by Gasteiger charge is -2.02. The highest BCUT2D eigenvalue weighted by molar-refractivity contribution is 5.73. The van der Waals surface area contributed by atoms with Gasteiger partial charge in [-0.1, -0.05) is 0 Å². The zero-order chi connectivity index (χ0) is 9.84. The maximum absolute atomic E-state index is 10.4. The summed E-state index contributed by atoms with van der Waals surface area (Å²) in [4.78, 5) is 10.4. The van der Waals surface area contributed by atoms with Gasteiger partial charge >= 0.3 is 5.97 Å². The van der Waals surface area contributed by atoms with E-state index >= 15 is 0 Å². The lowest BCUT2D eigenvalue weighted by atomic mass is 10.2. The minimum absolute atomic E-state index is 0.280. The van der Waals surface area contributed by atoms with Crippen LogP contribution in [0.15, 0.2) is 12.3 Å². The average Bonchev–Trinajstić information content (AvgIpc) is 2.52. The van der Waals surface area contributed by atoms with Crippen LogP contribution in [0, 0.1) is 0 Å². The summed E-state index contributed by atoms with van der Waals surface area (Å²) in [5.41, 5.74) is 6.07. The predicted molar refractivity (Wildman–Crippen MR) is 47.2 cm³/mol. The molecule has 0 aliphatic heterocycles. The molecule has 0 saturated heterocycles. The first-order valence-corrected chi connectivity index (χ1v) is 4.14. The Morgan fingerprint density at radius 1 is 1.85 bits per heavy atom. The van der Waals surface area contributed by atoms with Gasteiger partial charge in [-0.2, -0.15) is 5.10 Å². The van der Waals surface area contributed by atoms with E-state index in [1.807, 2.05) is 13.1 Å². The Bertz CT molecular complexity index is 295. The second-order valence-electron chi connectivity index (χ2n) is 2.81. The highest BCUT2D eigenvalue weighted by Gasteiger charge is 2.13. The molecule has 0 aliphatic carbocycles. The van der Waals surface area contributed by atoms with Crippen LogP contribution < -0.4 is 5.73 Å². The first kappa shape index (κ1) is 9.73. The van der Waals surface area contributed by atoms with Gasteiger partial charge in [0.25, 0.3) is 0 Å². The molecule has 72 valence electrons. The van der Waals surface area contributed by atoms with Gasteiger partial charge in [0, 0.05) is 19.2 Å². The third-order valence-electron chi connectivity index (χ3n) is 1.77. The summed E-state index contributed by atoms with van der Waals surface area (Å²) in [6.07, 6.45) is 2.09. The molecule has 0 bridgehead atoms. The molecule has 5 heteroatoms. The number of nitrogens with zero attached hydrogens (tertiary/aromatic N) is 2. The number of aliphatic carboxylic acids is 1. The molecule has 1 aromatic rings. The molecule has 0 aliphatic rings. The number of nitrogens with two attached hydrogens (primary N) is 1. The van der Waals surface area contributed by atoms with Crippen LogP contribution >= 0.6 is 0 Å². The van der Waals surface area contributed by atoms with Crippen LogP contribution in [0.3, 0.4) is 0 Å². The van der Waals surface area contributed by atoms with Crippen molar-refractivity contribution in [3.63, 3.8) is 0 Å².